The lowest BCUT2D eigenvalue weighted by Gasteiger charge is -2.26. The maximum absolute atomic E-state index is 12.4. The number of hydrogen-bond acceptors (Lipinski definition) is 6. The van der Waals surface area contributed by atoms with Crippen LogP contribution in [0.25, 0.3) is 10.2 Å². The Hall–Kier alpha value is -2.23. The molecule has 0 bridgehead atoms. The molecule has 0 fully saturated rings. The van der Waals surface area contributed by atoms with Gasteiger partial charge in [-0.25, -0.2) is 13.4 Å². The zero-order valence-corrected chi connectivity index (χ0v) is 15.0. The summed E-state index contributed by atoms with van der Waals surface area (Å²) in [4.78, 5) is 18.4. The lowest BCUT2D eigenvalue weighted by molar-refractivity contribution is -0.112. The number of amidine groups is 1. The summed E-state index contributed by atoms with van der Waals surface area (Å²) in [7, 11) is -3.41. The van der Waals surface area contributed by atoms with E-state index in [0.29, 0.717) is 21.6 Å². The molecular weight excluding hydrogens is 384 g/mol. The minimum absolute atomic E-state index is 0.0750. The van der Waals surface area contributed by atoms with Crippen LogP contribution in [0.1, 0.15) is 0 Å². The third kappa shape index (κ3) is 3.30. The first-order valence-electron chi connectivity index (χ1n) is 7.26. The lowest BCUT2D eigenvalue weighted by atomic mass is 10.2. The molecule has 1 aromatic heterocycles. The summed E-state index contributed by atoms with van der Waals surface area (Å²) in [5.41, 5.74) is 1.16. The fourth-order valence-electron chi connectivity index (χ4n) is 2.46. The maximum atomic E-state index is 12.4. The van der Waals surface area contributed by atoms with Crippen LogP contribution in [0.4, 0.5) is 5.13 Å². The number of halogens is 1. The molecule has 0 unspecified atom stereocenters. The van der Waals surface area contributed by atoms with Crippen molar-refractivity contribution in [3.63, 3.8) is 0 Å². The van der Waals surface area contributed by atoms with Gasteiger partial charge in [0.15, 0.2) is 5.13 Å². The Morgan fingerprint density at radius 2 is 2.16 bits per heavy atom. The Labute approximate surface area is 152 Å². The highest BCUT2D eigenvalue weighted by atomic mass is 35.5. The normalized spacial score (nSPS) is 18.5. The van der Waals surface area contributed by atoms with E-state index in [1.54, 1.807) is 29.3 Å². The smallest absolute Gasteiger partial charge is 0.258 e. The van der Waals surface area contributed by atoms with Gasteiger partial charge < -0.3 is 4.90 Å². The van der Waals surface area contributed by atoms with Crippen molar-refractivity contribution in [3.8, 4) is 0 Å². The van der Waals surface area contributed by atoms with E-state index in [1.807, 2.05) is 0 Å². The number of benzene rings is 1. The number of sulfonamides is 1. The fraction of sp³-hybridized carbons (Fsp3) is 0.133. The minimum atomic E-state index is -3.41. The molecule has 0 radical (unpaired) electrons. The first-order chi connectivity index (χ1) is 11.9. The van der Waals surface area contributed by atoms with E-state index in [4.69, 9.17) is 11.6 Å². The van der Waals surface area contributed by atoms with Crippen molar-refractivity contribution in [2.24, 2.45) is 4.40 Å². The van der Waals surface area contributed by atoms with Gasteiger partial charge in [-0.15, -0.1) is 4.40 Å². The van der Waals surface area contributed by atoms with Crippen molar-refractivity contribution in [2.75, 3.05) is 17.6 Å². The molecule has 2 aliphatic rings. The number of nitrogens with zero attached hydrogens (tertiary/aromatic N) is 3. The zero-order chi connectivity index (χ0) is 17.6. The molecule has 1 amide bonds. The number of hydrogen-bond donors (Lipinski definition) is 1. The van der Waals surface area contributed by atoms with Gasteiger partial charge in [-0.1, -0.05) is 22.9 Å². The van der Waals surface area contributed by atoms with Crippen LogP contribution in [-0.4, -0.2) is 42.3 Å². The largest absolute Gasteiger partial charge is 0.330 e. The average molecular weight is 395 g/mol. The van der Waals surface area contributed by atoms with E-state index in [2.05, 4.69) is 14.7 Å². The molecule has 4 rings (SSSR count). The van der Waals surface area contributed by atoms with Gasteiger partial charge in [0.2, 0.25) is 0 Å². The predicted octanol–water partition coefficient (Wildman–Crippen LogP) is 2.39. The molecule has 1 aromatic carbocycles. The van der Waals surface area contributed by atoms with Crippen molar-refractivity contribution in [3.05, 3.63) is 47.1 Å². The number of thiazole rings is 1. The molecule has 25 heavy (non-hydrogen) atoms. The van der Waals surface area contributed by atoms with Crippen LogP contribution >= 0.6 is 22.9 Å². The number of amides is 1. The second kappa shape index (κ2) is 5.94. The van der Waals surface area contributed by atoms with Gasteiger partial charge in [0.1, 0.15) is 5.84 Å². The lowest BCUT2D eigenvalue weighted by Crippen LogP contribution is -2.37. The molecule has 0 spiro atoms. The Morgan fingerprint density at radius 3 is 3.00 bits per heavy atom. The summed E-state index contributed by atoms with van der Waals surface area (Å²) in [6, 6.07) is 5.33. The summed E-state index contributed by atoms with van der Waals surface area (Å²) in [5, 5.41) is 3.83. The van der Waals surface area contributed by atoms with Crippen LogP contribution in [0.15, 0.2) is 46.5 Å². The van der Waals surface area contributed by atoms with Crippen LogP contribution in [-0.2, 0) is 14.8 Å². The molecule has 0 saturated heterocycles. The molecule has 1 N–H and O–H groups in total. The Kier molecular flexibility index (Phi) is 3.86. The van der Waals surface area contributed by atoms with Crippen molar-refractivity contribution in [2.45, 2.75) is 0 Å². The summed E-state index contributed by atoms with van der Waals surface area (Å²) in [6.45, 7) is 0.266. The quantitative estimate of drug-likeness (QED) is 0.844. The molecule has 3 heterocycles. The molecule has 2 aliphatic heterocycles. The van der Waals surface area contributed by atoms with Crippen molar-refractivity contribution in [1.82, 2.24) is 9.88 Å². The molecule has 7 nitrogen and oxygen atoms in total. The van der Waals surface area contributed by atoms with Gasteiger partial charge in [0.25, 0.3) is 15.9 Å². The Morgan fingerprint density at radius 1 is 1.32 bits per heavy atom. The molecule has 10 heteroatoms. The predicted molar refractivity (Wildman–Crippen MR) is 98.4 cm³/mol. The van der Waals surface area contributed by atoms with E-state index in [9.17, 15) is 13.2 Å². The minimum Gasteiger partial charge on any atom is -0.330 e. The van der Waals surface area contributed by atoms with Crippen molar-refractivity contribution >= 4 is 60.1 Å². The van der Waals surface area contributed by atoms with Gasteiger partial charge in [-0.2, -0.15) is 0 Å². The van der Waals surface area contributed by atoms with Crippen LogP contribution in [0.5, 0.6) is 0 Å². The third-order valence-corrected chi connectivity index (χ3v) is 5.99. The number of rotatable bonds is 2. The zero-order valence-electron chi connectivity index (χ0n) is 12.6. The average Bonchev–Trinajstić information content (AvgIpc) is 2.94. The molecule has 0 aliphatic carbocycles. The first kappa shape index (κ1) is 16.2. The van der Waals surface area contributed by atoms with Crippen LogP contribution in [0, 0.1) is 0 Å². The second-order valence-corrected chi connectivity index (χ2v) is 8.65. The van der Waals surface area contributed by atoms with Gasteiger partial charge in [0.05, 0.1) is 21.5 Å². The van der Waals surface area contributed by atoms with Crippen molar-refractivity contribution in [1.29, 1.82) is 0 Å². The van der Waals surface area contributed by atoms with E-state index >= 15 is 0 Å². The standard InChI is InChI=1S/C15H11ClN4O3S2/c16-10-2-3-11-12(7-10)24-15(17-11)18-14(21)9-1-4-13-19-25(22,23)6-5-20(13)8-9/h1-4,7-8H,5-6H2,(H,17,18,21). The number of aromatic nitrogens is 1. The highest BCUT2D eigenvalue weighted by Gasteiger charge is 2.25. The van der Waals surface area contributed by atoms with E-state index in [1.165, 1.54) is 23.5 Å². The second-order valence-electron chi connectivity index (χ2n) is 5.43. The highest BCUT2D eigenvalue weighted by Crippen LogP contribution is 2.28. The monoisotopic (exact) mass is 394 g/mol. The molecule has 128 valence electrons. The van der Waals surface area contributed by atoms with Gasteiger partial charge in [-0.05, 0) is 30.4 Å². The van der Waals surface area contributed by atoms with Crippen LogP contribution in [0.2, 0.25) is 5.02 Å². The first-order valence-corrected chi connectivity index (χ1v) is 10.1. The number of anilines is 1. The number of fused-ring (bicyclic) bond motifs is 2. The van der Waals surface area contributed by atoms with E-state index in [-0.39, 0.29) is 18.2 Å². The summed E-state index contributed by atoms with van der Waals surface area (Å²) >= 11 is 7.29. The van der Waals surface area contributed by atoms with Gasteiger partial charge in [0, 0.05) is 17.8 Å². The van der Waals surface area contributed by atoms with E-state index in [0.717, 1.165) is 10.2 Å². The summed E-state index contributed by atoms with van der Waals surface area (Å²) < 4.78 is 27.6. The topological polar surface area (TPSA) is 91.7 Å². The SMILES string of the molecule is O=C(Nc1nc2ccc(Cl)cc2s1)C1=CN2CCS(=O)(=O)N=C2C=C1. The molecule has 2 aromatic rings. The van der Waals surface area contributed by atoms with Gasteiger partial charge in [-0.3, -0.25) is 10.1 Å². The number of nitrogens with one attached hydrogen (secondary N) is 1. The van der Waals surface area contributed by atoms with E-state index < -0.39 is 10.0 Å². The summed E-state index contributed by atoms with van der Waals surface area (Å²) in [5.74, 6) is -0.0831. The Bertz CT molecular complexity index is 1090. The number of carbonyl (C=O) groups is 1. The maximum Gasteiger partial charge on any atom is 0.258 e. The highest BCUT2D eigenvalue weighted by molar-refractivity contribution is 7.90. The van der Waals surface area contributed by atoms with Crippen LogP contribution in [0.3, 0.4) is 0 Å². The molecule has 0 atom stereocenters. The summed E-state index contributed by atoms with van der Waals surface area (Å²) in [6.07, 6.45) is 4.65. The third-order valence-electron chi connectivity index (χ3n) is 3.66. The van der Waals surface area contributed by atoms with Gasteiger partial charge >= 0.3 is 0 Å². The molecule has 0 saturated carbocycles. The Balaban J connectivity index is 1.55. The fourth-order valence-corrected chi connectivity index (χ4v) is 4.56. The van der Waals surface area contributed by atoms with Crippen molar-refractivity contribution < 1.29 is 13.2 Å². The van der Waals surface area contributed by atoms with Crippen LogP contribution < -0.4 is 5.32 Å². The molecular formula is C15H11ClN4O3S2. The number of carbonyl (C=O) groups excluding carboxylic acids is 1.